The number of nitrogens with two attached hydrogens (primary N) is 1. The maximum absolute atomic E-state index is 13.3. The number of carbonyl (C=O) groups is 1. The van der Waals surface area contributed by atoms with E-state index in [4.69, 9.17) is 19.9 Å². The molecule has 0 fully saturated rings. The van der Waals surface area contributed by atoms with Crippen LogP contribution in [-0.2, 0) is 16.0 Å². The van der Waals surface area contributed by atoms with Crippen molar-refractivity contribution in [3.8, 4) is 11.5 Å². The van der Waals surface area contributed by atoms with E-state index in [-0.39, 0.29) is 29.7 Å². The largest absolute Gasteiger partial charge is 0.493 e. The van der Waals surface area contributed by atoms with Crippen molar-refractivity contribution in [3.63, 3.8) is 0 Å². The van der Waals surface area contributed by atoms with Crippen LogP contribution in [0.4, 0.5) is 0 Å². The number of hydrogen-bond donors (Lipinski definition) is 3. The summed E-state index contributed by atoms with van der Waals surface area (Å²) in [5.74, 6) is 1.73. The molecule has 4 unspecified atom stereocenters. The lowest BCUT2D eigenvalue weighted by atomic mass is 9.80. The molecule has 0 heterocycles. The minimum Gasteiger partial charge on any atom is -0.493 e. The molecule has 2 aromatic carbocycles. The molecule has 2 rings (SSSR count). The van der Waals surface area contributed by atoms with Crippen molar-refractivity contribution in [1.82, 2.24) is 5.32 Å². The number of aryl methyl sites for hydroxylation is 1. The Bertz CT molecular complexity index is 1040. The van der Waals surface area contributed by atoms with Crippen LogP contribution in [-0.4, -0.2) is 50.6 Å². The molecule has 0 aliphatic heterocycles. The van der Waals surface area contributed by atoms with E-state index in [0.29, 0.717) is 37.7 Å². The summed E-state index contributed by atoms with van der Waals surface area (Å²) in [6.07, 6.45) is 1.81. The Morgan fingerprint density at radius 3 is 2.20 bits per heavy atom. The molecule has 7 nitrogen and oxygen atoms in total. The van der Waals surface area contributed by atoms with E-state index in [9.17, 15) is 9.90 Å². The molecule has 0 aliphatic carbocycles. The van der Waals surface area contributed by atoms with Crippen LogP contribution in [0.1, 0.15) is 76.6 Å². The zero-order valence-electron chi connectivity index (χ0n) is 26.5. The van der Waals surface area contributed by atoms with E-state index < -0.39 is 12.1 Å². The molecule has 0 saturated carbocycles. The maximum atomic E-state index is 13.3. The van der Waals surface area contributed by atoms with Crippen LogP contribution in [0.15, 0.2) is 42.5 Å². The molecule has 0 aliphatic rings. The highest BCUT2D eigenvalue weighted by molar-refractivity contribution is 5.79. The fourth-order valence-electron chi connectivity index (χ4n) is 5.12. The van der Waals surface area contributed by atoms with Gasteiger partial charge in [0.15, 0.2) is 11.5 Å². The third-order valence-corrected chi connectivity index (χ3v) is 8.06. The monoisotopic (exact) mass is 570 g/mol. The molecule has 0 spiro atoms. The molecule has 7 heteroatoms. The fourth-order valence-corrected chi connectivity index (χ4v) is 5.12. The van der Waals surface area contributed by atoms with Crippen molar-refractivity contribution in [2.75, 3.05) is 27.4 Å². The number of methoxy groups -OCH3 is 2. The van der Waals surface area contributed by atoms with Crippen molar-refractivity contribution in [1.29, 1.82) is 0 Å². The Morgan fingerprint density at radius 1 is 0.927 bits per heavy atom. The van der Waals surface area contributed by atoms with Gasteiger partial charge in [-0.15, -0.1) is 0 Å². The van der Waals surface area contributed by atoms with Crippen molar-refractivity contribution in [3.05, 3.63) is 59.2 Å². The molecule has 1 amide bonds. The molecule has 2 aromatic rings. The third kappa shape index (κ3) is 11.3. The summed E-state index contributed by atoms with van der Waals surface area (Å²) in [6.45, 7) is 13.6. The predicted octanol–water partition coefficient (Wildman–Crippen LogP) is 5.85. The molecular formula is C34H54N2O5. The van der Waals surface area contributed by atoms with E-state index in [2.05, 4.69) is 37.4 Å². The highest BCUT2D eigenvalue weighted by Crippen LogP contribution is 2.32. The Balaban J connectivity index is 2.03. The molecule has 0 saturated heterocycles. The molecular weight excluding hydrogens is 516 g/mol. The van der Waals surface area contributed by atoms with Gasteiger partial charge >= 0.3 is 0 Å². The van der Waals surface area contributed by atoms with Crippen molar-refractivity contribution in [2.24, 2.45) is 29.4 Å². The summed E-state index contributed by atoms with van der Waals surface area (Å²) >= 11 is 0. The van der Waals surface area contributed by atoms with Gasteiger partial charge in [0.25, 0.3) is 0 Å². The number of amides is 1. The first kappa shape index (κ1) is 34.6. The lowest BCUT2D eigenvalue weighted by Gasteiger charge is -2.30. The first-order valence-electron chi connectivity index (χ1n) is 15.1. The van der Waals surface area contributed by atoms with Crippen LogP contribution in [0.2, 0.25) is 0 Å². The molecule has 5 atom stereocenters. The van der Waals surface area contributed by atoms with Crippen LogP contribution >= 0.6 is 0 Å². The van der Waals surface area contributed by atoms with E-state index in [1.807, 2.05) is 52.0 Å². The third-order valence-electron chi connectivity index (χ3n) is 8.06. The summed E-state index contributed by atoms with van der Waals surface area (Å²) in [5.41, 5.74) is 9.98. The highest BCUT2D eigenvalue weighted by atomic mass is 16.5. The van der Waals surface area contributed by atoms with Crippen LogP contribution < -0.4 is 20.5 Å². The Labute approximate surface area is 248 Å². The standard InChI is InChI=1S/C34H54N2O5/c1-22(2)28(18-26-12-15-32(40-8)33(19-26)41-17-9-16-39-7)20-30(35)31(37)21-29(23(3)4)34(38)36-25(6)27-13-10-24(5)11-14-27/h10-15,19,22-23,25,28-31,37H,9,16-18,20-21,35H2,1-8H3,(H,36,38)/t25-,28?,29?,30?,31?/m0/s1. The Hall–Kier alpha value is -2.61. The average molecular weight is 571 g/mol. The van der Waals surface area contributed by atoms with Crippen LogP contribution in [0.5, 0.6) is 11.5 Å². The topological polar surface area (TPSA) is 103 Å². The summed E-state index contributed by atoms with van der Waals surface area (Å²) in [6, 6.07) is 13.7. The first-order chi connectivity index (χ1) is 19.5. The SMILES string of the molecule is COCCCOc1cc(CC(CC(N)C(O)CC(C(=O)N[C@@H](C)c2ccc(C)cc2)C(C)C)C(C)C)ccc1OC. The minimum absolute atomic E-state index is 0.0454. The van der Waals surface area contributed by atoms with Gasteiger partial charge in [0.1, 0.15) is 0 Å². The quantitative estimate of drug-likeness (QED) is 0.194. The number of aliphatic hydroxyl groups is 1. The second-order valence-corrected chi connectivity index (χ2v) is 12.1. The molecule has 0 aromatic heterocycles. The lowest BCUT2D eigenvalue weighted by Crippen LogP contribution is -2.43. The van der Waals surface area contributed by atoms with Gasteiger partial charge < -0.3 is 30.4 Å². The van der Waals surface area contributed by atoms with E-state index in [1.54, 1.807) is 14.2 Å². The number of hydrogen-bond acceptors (Lipinski definition) is 6. The predicted molar refractivity (Wildman–Crippen MR) is 166 cm³/mol. The molecule has 0 bridgehead atoms. The van der Waals surface area contributed by atoms with Crippen LogP contribution in [0.3, 0.4) is 0 Å². The van der Waals surface area contributed by atoms with Gasteiger partial charge in [0.2, 0.25) is 5.91 Å². The van der Waals surface area contributed by atoms with Gasteiger partial charge in [-0.1, -0.05) is 63.6 Å². The summed E-state index contributed by atoms with van der Waals surface area (Å²) in [5, 5.41) is 14.3. The van der Waals surface area contributed by atoms with E-state index >= 15 is 0 Å². The zero-order chi connectivity index (χ0) is 30.5. The van der Waals surface area contributed by atoms with E-state index in [1.165, 1.54) is 5.56 Å². The smallest absolute Gasteiger partial charge is 0.223 e. The summed E-state index contributed by atoms with van der Waals surface area (Å²) < 4.78 is 16.6. The normalized spacial score (nSPS) is 15.3. The van der Waals surface area contributed by atoms with Gasteiger partial charge in [-0.3, -0.25) is 4.79 Å². The minimum atomic E-state index is -0.778. The second kappa shape index (κ2) is 17.4. The lowest BCUT2D eigenvalue weighted by molar-refractivity contribution is -0.128. The summed E-state index contributed by atoms with van der Waals surface area (Å²) in [4.78, 5) is 13.3. The van der Waals surface area contributed by atoms with Crippen molar-refractivity contribution >= 4 is 5.91 Å². The number of benzene rings is 2. The van der Waals surface area contributed by atoms with Crippen LogP contribution in [0.25, 0.3) is 0 Å². The highest BCUT2D eigenvalue weighted by Gasteiger charge is 2.30. The van der Waals surface area contributed by atoms with E-state index in [0.717, 1.165) is 29.7 Å². The average Bonchev–Trinajstić information content (AvgIpc) is 2.93. The zero-order valence-corrected chi connectivity index (χ0v) is 26.5. The Morgan fingerprint density at radius 2 is 1.61 bits per heavy atom. The Kier molecular flexibility index (Phi) is 14.7. The van der Waals surface area contributed by atoms with Gasteiger partial charge in [-0.25, -0.2) is 0 Å². The molecule has 0 radical (unpaired) electrons. The molecule has 230 valence electrons. The molecule has 4 N–H and O–H groups in total. The molecule has 41 heavy (non-hydrogen) atoms. The number of aliphatic hydroxyl groups excluding tert-OH is 1. The van der Waals surface area contributed by atoms with Gasteiger partial charge in [0.05, 0.1) is 25.9 Å². The number of carbonyl (C=O) groups excluding carboxylic acids is 1. The van der Waals surface area contributed by atoms with Gasteiger partial charge in [-0.2, -0.15) is 0 Å². The van der Waals surface area contributed by atoms with Gasteiger partial charge in [-0.05, 0) is 74.1 Å². The van der Waals surface area contributed by atoms with Crippen LogP contribution in [0, 0.1) is 30.6 Å². The van der Waals surface area contributed by atoms with Gasteiger partial charge in [0, 0.05) is 32.1 Å². The maximum Gasteiger partial charge on any atom is 0.223 e. The van der Waals surface area contributed by atoms with Crippen molar-refractivity contribution in [2.45, 2.75) is 85.4 Å². The second-order valence-electron chi connectivity index (χ2n) is 12.1. The number of rotatable bonds is 18. The number of nitrogens with one attached hydrogen (secondary N) is 1. The summed E-state index contributed by atoms with van der Waals surface area (Å²) in [7, 11) is 3.32. The fraction of sp³-hybridized carbons (Fsp3) is 0.618. The van der Waals surface area contributed by atoms with Crippen molar-refractivity contribution < 1.29 is 24.1 Å². The number of ether oxygens (including phenoxy) is 3. The first-order valence-corrected chi connectivity index (χ1v) is 15.1.